The second-order valence-corrected chi connectivity index (χ2v) is 6.56. The number of rotatable bonds is 3. The number of anilines is 1. The smallest absolute Gasteiger partial charge is 0.128 e. The zero-order valence-corrected chi connectivity index (χ0v) is 13.4. The molecule has 116 valence electrons. The van der Waals surface area contributed by atoms with Gasteiger partial charge in [0.25, 0.3) is 0 Å². The van der Waals surface area contributed by atoms with Gasteiger partial charge in [0.15, 0.2) is 0 Å². The van der Waals surface area contributed by atoms with Crippen LogP contribution in [0, 0.1) is 0 Å². The van der Waals surface area contributed by atoms with Gasteiger partial charge in [-0.25, -0.2) is 4.98 Å². The molecule has 4 nitrogen and oxygen atoms in total. The summed E-state index contributed by atoms with van der Waals surface area (Å²) in [7, 11) is 0. The fourth-order valence-corrected chi connectivity index (χ4v) is 3.72. The topological polar surface area (TPSA) is 45.4 Å². The summed E-state index contributed by atoms with van der Waals surface area (Å²) in [5, 5.41) is 0.671. The minimum Gasteiger partial charge on any atom is -0.356 e. The molecule has 0 unspecified atom stereocenters. The van der Waals surface area contributed by atoms with Crippen molar-refractivity contribution in [2.24, 2.45) is 5.73 Å². The van der Waals surface area contributed by atoms with E-state index in [0.717, 1.165) is 30.5 Å². The highest BCUT2D eigenvalue weighted by atomic mass is 35.5. The van der Waals surface area contributed by atoms with E-state index in [0.29, 0.717) is 11.6 Å². The van der Waals surface area contributed by atoms with Gasteiger partial charge in [-0.3, -0.25) is 0 Å². The number of aromatic nitrogens is 1. The van der Waals surface area contributed by atoms with Crippen LogP contribution in [0.3, 0.4) is 0 Å². The summed E-state index contributed by atoms with van der Waals surface area (Å²) in [6.07, 6.45) is 8.36. The maximum atomic E-state index is 6.09. The van der Waals surface area contributed by atoms with E-state index in [1.807, 2.05) is 6.07 Å². The van der Waals surface area contributed by atoms with Gasteiger partial charge in [0.05, 0.1) is 5.02 Å². The molecule has 2 saturated heterocycles. The van der Waals surface area contributed by atoms with Gasteiger partial charge in [-0.05, 0) is 50.4 Å². The third kappa shape index (κ3) is 3.50. The first kappa shape index (κ1) is 15.1. The minimum atomic E-state index is 0.471. The van der Waals surface area contributed by atoms with Crippen molar-refractivity contribution in [1.29, 1.82) is 0 Å². The second-order valence-electron chi connectivity index (χ2n) is 6.15. The van der Waals surface area contributed by atoms with E-state index < -0.39 is 0 Å². The predicted molar refractivity (Wildman–Crippen MR) is 87.8 cm³/mol. The number of likely N-dealkylation sites (tertiary alicyclic amines) is 1. The van der Waals surface area contributed by atoms with Gasteiger partial charge in [0.1, 0.15) is 5.82 Å². The average Bonchev–Trinajstić information content (AvgIpc) is 2.56. The van der Waals surface area contributed by atoms with Crippen molar-refractivity contribution in [3.63, 3.8) is 0 Å². The van der Waals surface area contributed by atoms with Gasteiger partial charge in [-0.2, -0.15) is 0 Å². The maximum Gasteiger partial charge on any atom is 0.128 e. The number of hydrogen-bond donors (Lipinski definition) is 1. The molecule has 2 N–H and O–H groups in total. The highest BCUT2D eigenvalue weighted by molar-refractivity contribution is 6.31. The molecule has 5 heteroatoms. The van der Waals surface area contributed by atoms with E-state index in [1.165, 1.54) is 45.2 Å². The first-order valence-electron chi connectivity index (χ1n) is 8.11. The van der Waals surface area contributed by atoms with Crippen LogP contribution in [0.2, 0.25) is 5.02 Å². The van der Waals surface area contributed by atoms with Crippen molar-refractivity contribution < 1.29 is 0 Å². The van der Waals surface area contributed by atoms with Crippen LogP contribution in [-0.4, -0.2) is 42.1 Å². The zero-order chi connectivity index (χ0) is 14.7. The lowest BCUT2D eigenvalue weighted by Crippen LogP contribution is -2.46. The van der Waals surface area contributed by atoms with Crippen molar-refractivity contribution in [2.45, 2.75) is 44.7 Å². The molecule has 1 aromatic heterocycles. The molecule has 0 spiro atoms. The third-order valence-electron chi connectivity index (χ3n) is 4.84. The average molecular weight is 309 g/mol. The molecule has 1 aromatic rings. The molecule has 2 fully saturated rings. The van der Waals surface area contributed by atoms with Gasteiger partial charge in [-0.1, -0.05) is 18.0 Å². The minimum absolute atomic E-state index is 0.471. The third-order valence-corrected chi connectivity index (χ3v) is 5.18. The molecule has 0 amide bonds. The van der Waals surface area contributed by atoms with E-state index in [2.05, 4.69) is 14.8 Å². The van der Waals surface area contributed by atoms with Gasteiger partial charge >= 0.3 is 0 Å². The Labute approximate surface area is 132 Å². The lowest BCUT2D eigenvalue weighted by molar-refractivity contribution is 0.141. The van der Waals surface area contributed by atoms with Crippen LogP contribution >= 0.6 is 11.6 Å². The molecule has 0 saturated carbocycles. The lowest BCUT2D eigenvalue weighted by Gasteiger charge is -2.40. The van der Waals surface area contributed by atoms with Crippen LogP contribution in [0.1, 0.15) is 37.7 Å². The molecule has 0 radical (unpaired) electrons. The summed E-state index contributed by atoms with van der Waals surface area (Å²) < 4.78 is 0. The second kappa shape index (κ2) is 6.95. The maximum absolute atomic E-state index is 6.09. The standard InChI is InChI=1S/C16H25ClN4/c17-15-12-19-16(10-13(15)11-18)21-8-4-14(5-9-21)20-6-2-1-3-7-20/h10,12,14H,1-9,11,18H2. The van der Waals surface area contributed by atoms with Crippen LogP contribution < -0.4 is 10.6 Å². The Kier molecular flexibility index (Phi) is 4.99. The van der Waals surface area contributed by atoms with Crippen LogP contribution in [0.4, 0.5) is 5.82 Å². The number of piperidine rings is 2. The van der Waals surface area contributed by atoms with Crippen LogP contribution in [0.25, 0.3) is 0 Å². The van der Waals surface area contributed by atoms with Crippen LogP contribution in [-0.2, 0) is 6.54 Å². The van der Waals surface area contributed by atoms with Crippen molar-refractivity contribution in [3.8, 4) is 0 Å². The Hall–Kier alpha value is -0.840. The molecular formula is C16H25ClN4. The van der Waals surface area contributed by atoms with E-state index in [1.54, 1.807) is 6.20 Å². The van der Waals surface area contributed by atoms with E-state index in [9.17, 15) is 0 Å². The van der Waals surface area contributed by atoms with E-state index >= 15 is 0 Å². The molecule has 3 rings (SSSR count). The first-order chi connectivity index (χ1) is 10.3. The largest absolute Gasteiger partial charge is 0.356 e. The molecular weight excluding hydrogens is 284 g/mol. The number of hydrogen-bond acceptors (Lipinski definition) is 4. The molecule has 0 aromatic carbocycles. The highest BCUT2D eigenvalue weighted by Crippen LogP contribution is 2.25. The van der Waals surface area contributed by atoms with Crippen LogP contribution in [0.5, 0.6) is 0 Å². The normalized spacial score (nSPS) is 21.7. The molecule has 21 heavy (non-hydrogen) atoms. The SMILES string of the molecule is NCc1cc(N2CCC(N3CCCCC3)CC2)ncc1Cl. The number of nitrogens with zero attached hydrogens (tertiary/aromatic N) is 3. The summed E-state index contributed by atoms with van der Waals surface area (Å²) in [5.74, 6) is 1.02. The van der Waals surface area contributed by atoms with Gasteiger partial charge in [-0.15, -0.1) is 0 Å². The van der Waals surface area contributed by atoms with Gasteiger partial charge in [0.2, 0.25) is 0 Å². The fourth-order valence-electron chi connectivity index (χ4n) is 3.54. The number of nitrogens with two attached hydrogens (primary N) is 1. The molecule has 3 heterocycles. The molecule has 2 aliphatic heterocycles. The summed E-state index contributed by atoms with van der Waals surface area (Å²) in [6.45, 7) is 5.22. The monoisotopic (exact) mass is 308 g/mol. The molecule has 0 bridgehead atoms. The Balaban J connectivity index is 1.60. The van der Waals surface area contributed by atoms with Crippen molar-refractivity contribution in [3.05, 3.63) is 22.8 Å². The Morgan fingerprint density at radius 1 is 1.14 bits per heavy atom. The Morgan fingerprint density at radius 3 is 2.52 bits per heavy atom. The Morgan fingerprint density at radius 2 is 1.86 bits per heavy atom. The summed E-state index contributed by atoms with van der Waals surface area (Å²) in [5.41, 5.74) is 6.72. The van der Waals surface area contributed by atoms with Gasteiger partial charge < -0.3 is 15.5 Å². The van der Waals surface area contributed by atoms with E-state index in [4.69, 9.17) is 17.3 Å². The van der Waals surface area contributed by atoms with Crippen molar-refractivity contribution >= 4 is 17.4 Å². The molecule has 0 aliphatic carbocycles. The fraction of sp³-hybridized carbons (Fsp3) is 0.688. The zero-order valence-electron chi connectivity index (χ0n) is 12.6. The van der Waals surface area contributed by atoms with Gasteiger partial charge in [0, 0.05) is 31.9 Å². The van der Waals surface area contributed by atoms with E-state index in [-0.39, 0.29) is 0 Å². The lowest BCUT2D eigenvalue weighted by atomic mass is 10.00. The van der Waals surface area contributed by atoms with Crippen molar-refractivity contribution in [2.75, 3.05) is 31.1 Å². The molecule has 2 aliphatic rings. The number of halogens is 1. The predicted octanol–water partition coefficient (Wildman–Crippen LogP) is 2.65. The van der Waals surface area contributed by atoms with Crippen molar-refractivity contribution in [1.82, 2.24) is 9.88 Å². The number of pyridine rings is 1. The molecule has 0 atom stereocenters. The van der Waals surface area contributed by atoms with Crippen LogP contribution in [0.15, 0.2) is 12.3 Å². The summed E-state index contributed by atoms with van der Waals surface area (Å²) >= 11 is 6.09. The highest BCUT2D eigenvalue weighted by Gasteiger charge is 2.26. The Bertz CT molecular complexity index is 465. The summed E-state index contributed by atoms with van der Waals surface area (Å²) in [4.78, 5) is 9.54. The summed E-state index contributed by atoms with van der Waals surface area (Å²) in [6, 6.07) is 2.81. The quantitative estimate of drug-likeness (QED) is 0.932. The first-order valence-corrected chi connectivity index (χ1v) is 8.49.